The highest BCUT2D eigenvalue weighted by Gasteiger charge is 2.21. The molecule has 11 nitrogen and oxygen atoms in total. The zero-order chi connectivity index (χ0) is 25.6. The van der Waals surface area contributed by atoms with Crippen molar-refractivity contribution < 1.29 is 17.9 Å². The molecule has 8 bridgehead atoms. The highest BCUT2D eigenvalue weighted by Crippen LogP contribution is 2.31. The molecule has 0 saturated carbocycles. The van der Waals surface area contributed by atoms with Crippen molar-refractivity contribution in [3.63, 3.8) is 0 Å². The van der Waals surface area contributed by atoms with Gasteiger partial charge in [0.15, 0.2) is 5.65 Å². The van der Waals surface area contributed by atoms with Crippen LogP contribution in [-0.4, -0.2) is 46.0 Å². The molecule has 0 aliphatic carbocycles. The third kappa shape index (κ3) is 4.12. The quantitative estimate of drug-likeness (QED) is 0.349. The van der Waals surface area contributed by atoms with Crippen LogP contribution in [0, 0.1) is 0 Å². The number of nitrogens with zero attached hydrogens (tertiary/aromatic N) is 5. The molecule has 4 aromatic heterocycles. The number of ether oxygens (including phenoxy) is 1. The molecule has 37 heavy (non-hydrogen) atoms. The highest BCUT2D eigenvalue weighted by molar-refractivity contribution is 7.92. The Hall–Kier alpha value is -4.84. The summed E-state index contributed by atoms with van der Waals surface area (Å²) in [5.74, 6) is -0.336. The average molecular weight is 514 g/mol. The molecule has 5 heterocycles. The van der Waals surface area contributed by atoms with E-state index in [1.54, 1.807) is 53.7 Å². The van der Waals surface area contributed by atoms with Crippen LogP contribution in [0.1, 0.15) is 15.9 Å². The molecule has 2 N–H and O–H groups in total. The first-order valence-electron chi connectivity index (χ1n) is 11.2. The Kier molecular flexibility index (Phi) is 5.30. The van der Waals surface area contributed by atoms with Gasteiger partial charge in [-0.15, -0.1) is 0 Å². The Bertz CT molecular complexity index is 1800. The molecular formula is C25H19N7O4S. The van der Waals surface area contributed by atoms with Gasteiger partial charge in [0.1, 0.15) is 5.69 Å². The molecule has 5 aromatic rings. The predicted molar refractivity (Wildman–Crippen MR) is 134 cm³/mol. The molecule has 184 valence electrons. The molecule has 0 saturated heterocycles. The first kappa shape index (κ1) is 22.6. The molecule has 0 spiro atoms. The molecule has 1 aromatic carbocycles. The monoisotopic (exact) mass is 513 g/mol. The van der Waals surface area contributed by atoms with Gasteiger partial charge in [-0.3, -0.25) is 14.5 Å². The summed E-state index contributed by atoms with van der Waals surface area (Å²) in [6.45, 7) is 0.195. The van der Waals surface area contributed by atoms with Crippen LogP contribution >= 0.6 is 0 Å². The number of hydrogen-bond donors (Lipinski definition) is 2. The van der Waals surface area contributed by atoms with E-state index in [0.717, 1.165) is 16.7 Å². The van der Waals surface area contributed by atoms with Gasteiger partial charge >= 0.3 is 0 Å². The SMILES string of the molecule is COc1ncc2cc1NS(=O)(=O)c1cccc(c1)C(=O)NCc1cncc(c1)-c1cnn3ccc-2nc13. The third-order valence-corrected chi connectivity index (χ3v) is 7.28. The van der Waals surface area contributed by atoms with E-state index < -0.39 is 15.9 Å². The van der Waals surface area contributed by atoms with Crippen molar-refractivity contribution in [1.29, 1.82) is 0 Å². The fourth-order valence-corrected chi connectivity index (χ4v) is 5.18. The first-order valence-corrected chi connectivity index (χ1v) is 12.6. The predicted octanol–water partition coefficient (Wildman–Crippen LogP) is 2.91. The van der Waals surface area contributed by atoms with Gasteiger partial charge in [0.05, 0.1) is 23.9 Å². The van der Waals surface area contributed by atoms with Crippen LogP contribution in [0.25, 0.3) is 28.0 Å². The van der Waals surface area contributed by atoms with Crippen molar-refractivity contribution in [1.82, 2.24) is 29.9 Å². The van der Waals surface area contributed by atoms with Gasteiger partial charge in [0, 0.05) is 53.6 Å². The van der Waals surface area contributed by atoms with Crippen molar-refractivity contribution in [2.45, 2.75) is 11.4 Å². The molecule has 6 rings (SSSR count). The number of amides is 1. The summed E-state index contributed by atoms with van der Waals surface area (Å²) in [6, 6.07) is 11.0. The standard InChI is InChI=1S/C25H19N7O4S/c1-36-25-22-9-18(13-28-25)21-5-6-32-23(30-21)20(14-29-32)17-7-15(10-26-12-17)11-27-24(33)16-3-2-4-19(8-16)37(34,35)31-22/h2-10,12-14,31H,11H2,1H3,(H,27,33). The van der Waals surface area contributed by atoms with Crippen LogP contribution in [0.2, 0.25) is 0 Å². The molecule has 12 heteroatoms. The summed E-state index contributed by atoms with van der Waals surface area (Å²) in [6.07, 6.45) is 8.37. The Balaban J connectivity index is 1.57. The zero-order valence-electron chi connectivity index (χ0n) is 19.4. The van der Waals surface area contributed by atoms with Gasteiger partial charge < -0.3 is 10.1 Å². The Labute approximate surface area is 211 Å². The summed E-state index contributed by atoms with van der Waals surface area (Å²) < 4.78 is 36.0. The number of sulfonamides is 1. The lowest BCUT2D eigenvalue weighted by molar-refractivity contribution is 0.0950. The van der Waals surface area contributed by atoms with Gasteiger partial charge in [0.25, 0.3) is 15.9 Å². The smallest absolute Gasteiger partial charge is 0.262 e. The Morgan fingerprint density at radius 3 is 2.76 bits per heavy atom. The van der Waals surface area contributed by atoms with E-state index >= 15 is 0 Å². The maximum absolute atomic E-state index is 13.3. The lowest BCUT2D eigenvalue weighted by Crippen LogP contribution is -2.23. The van der Waals surface area contributed by atoms with Crippen LogP contribution in [0.4, 0.5) is 5.69 Å². The van der Waals surface area contributed by atoms with Crippen molar-refractivity contribution in [2.24, 2.45) is 0 Å². The number of pyridine rings is 2. The van der Waals surface area contributed by atoms with E-state index in [0.29, 0.717) is 16.9 Å². The van der Waals surface area contributed by atoms with Crippen LogP contribution in [0.3, 0.4) is 0 Å². The summed E-state index contributed by atoms with van der Waals surface area (Å²) in [5.41, 5.74) is 4.33. The third-order valence-electron chi connectivity index (χ3n) is 5.92. The number of benzene rings is 1. The number of aromatic nitrogens is 5. The Morgan fingerprint density at radius 2 is 1.89 bits per heavy atom. The van der Waals surface area contributed by atoms with E-state index in [2.05, 4.69) is 25.1 Å². The lowest BCUT2D eigenvalue weighted by Gasteiger charge is -2.14. The molecule has 1 amide bonds. The van der Waals surface area contributed by atoms with Crippen molar-refractivity contribution in [2.75, 3.05) is 11.8 Å². The minimum atomic E-state index is -4.08. The second-order valence-electron chi connectivity index (χ2n) is 8.32. The number of methoxy groups -OCH3 is 1. The van der Waals surface area contributed by atoms with E-state index in [1.807, 2.05) is 6.07 Å². The Morgan fingerprint density at radius 1 is 1.00 bits per heavy atom. The number of nitrogens with one attached hydrogen (secondary N) is 2. The average Bonchev–Trinajstić information content (AvgIpc) is 3.35. The van der Waals surface area contributed by atoms with E-state index in [-0.39, 0.29) is 28.6 Å². The van der Waals surface area contributed by atoms with Gasteiger partial charge in [-0.05, 0) is 42.0 Å². The number of carbonyl (C=O) groups excluding carboxylic acids is 1. The summed E-state index contributed by atoms with van der Waals surface area (Å²) in [7, 11) is -2.68. The minimum absolute atomic E-state index is 0.0826. The van der Waals surface area contributed by atoms with Crippen molar-refractivity contribution in [3.8, 4) is 28.3 Å². The van der Waals surface area contributed by atoms with Crippen LogP contribution in [0.15, 0.2) is 78.3 Å². The summed E-state index contributed by atoms with van der Waals surface area (Å²) >= 11 is 0. The molecule has 0 radical (unpaired) electrons. The van der Waals surface area contributed by atoms with Gasteiger partial charge in [0.2, 0.25) is 5.88 Å². The molecule has 0 fully saturated rings. The second-order valence-corrected chi connectivity index (χ2v) is 10.0. The molecule has 0 atom stereocenters. The fraction of sp³-hybridized carbons (Fsp3) is 0.0800. The summed E-state index contributed by atoms with van der Waals surface area (Å²) in [5, 5.41) is 7.21. The van der Waals surface area contributed by atoms with Gasteiger partial charge in [-0.2, -0.15) is 5.10 Å². The van der Waals surface area contributed by atoms with Gasteiger partial charge in [-0.1, -0.05) is 6.07 Å². The minimum Gasteiger partial charge on any atom is -0.480 e. The number of fused-ring (bicyclic) bond motifs is 9. The topological polar surface area (TPSA) is 140 Å². The number of anilines is 1. The van der Waals surface area contributed by atoms with Crippen LogP contribution in [-0.2, 0) is 16.6 Å². The normalized spacial score (nSPS) is 14.4. The number of carbonyl (C=O) groups is 1. The second kappa shape index (κ2) is 8.68. The number of rotatable bonds is 1. The fourth-order valence-electron chi connectivity index (χ4n) is 4.09. The van der Waals surface area contributed by atoms with Gasteiger partial charge in [-0.25, -0.2) is 22.9 Å². The van der Waals surface area contributed by atoms with E-state index in [9.17, 15) is 13.2 Å². The lowest BCUT2D eigenvalue weighted by atomic mass is 10.1. The van der Waals surface area contributed by atoms with E-state index in [1.165, 1.54) is 25.3 Å². The maximum atomic E-state index is 13.3. The summed E-state index contributed by atoms with van der Waals surface area (Å²) in [4.78, 5) is 26.1. The number of hydrogen-bond acceptors (Lipinski definition) is 8. The molecule has 1 aliphatic heterocycles. The van der Waals surface area contributed by atoms with Crippen molar-refractivity contribution in [3.05, 3.63) is 84.6 Å². The maximum Gasteiger partial charge on any atom is 0.262 e. The molecular weight excluding hydrogens is 494 g/mol. The largest absolute Gasteiger partial charge is 0.480 e. The van der Waals surface area contributed by atoms with Crippen LogP contribution in [0.5, 0.6) is 5.88 Å². The molecule has 1 aliphatic rings. The molecule has 0 unspecified atom stereocenters. The van der Waals surface area contributed by atoms with Crippen molar-refractivity contribution >= 4 is 27.3 Å². The van der Waals surface area contributed by atoms with Crippen LogP contribution < -0.4 is 14.8 Å². The zero-order valence-corrected chi connectivity index (χ0v) is 20.2. The van der Waals surface area contributed by atoms with E-state index in [4.69, 9.17) is 9.72 Å². The highest BCUT2D eigenvalue weighted by atomic mass is 32.2. The first-order chi connectivity index (χ1) is 17.9.